The minimum Gasteiger partial charge on any atom is -0.473 e. The number of hydrogen-bond donors (Lipinski definition) is 1. The monoisotopic (exact) mass is 261 g/mol. The molecule has 2 aromatic rings. The first-order valence-corrected chi connectivity index (χ1v) is 6.64. The van der Waals surface area contributed by atoms with Gasteiger partial charge in [0.25, 0.3) is 0 Å². The number of nitrogens with one attached hydrogen (secondary N) is 1. The summed E-state index contributed by atoms with van der Waals surface area (Å²) in [6.07, 6.45) is 4.28. The highest BCUT2D eigenvalue weighted by atomic mass is 16.5. The van der Waals surface area contributed by atoms with Gasteiger partial charge >= 0.3 is 0 Å². The van der Waals surface area contributed by atoms with E-state index in [4.69, 9.17) is 9.15 Å². The first kappa shape index (κ1) is 12.3. The Labute approximate surface area is 112 Å². The van der Waals surface area contributed by atoms with Crippen molar-refractivity contribution in [1.29, 1.82) is 0 Å². The Morgan fingerprint density at radius 1 is 1.53 bits per heavy atom. The van der Waals surface area contributed by atoms with Gasteiger partial charge in [0.1, 0.15) is 12.4 Å². The Hall–Kier alpha value is -1.75. The van der Waals surface area contributed by atoms with E-state index in [2.05, 4.69) is 10.4 Å². The number of ether oxygens (including phenoxy) is 1. The van der Waals surface area contributed by atoms with E-state index in [-0.39, 0.29) is 0 Å². The molecule has 19 heavy (non-hydrogen) atoms. The molecule has 1 aliphatic carbocycles. The lowest BCUT2D eigenvalue weighted by Crippen LogP contribution is -2.16. The summed E-state index contributed by atoms with van der Waals surface area (Å²) in [5.41, 5.74) is 2.05. The van der Waals surface area contributed by atoms with E-state index in [9.17, 15) is 0 Å². The van der Waals surface area contributed by atoms with Gasteiger partial charge in [-0.3, -0.25) is 0 Å². The average Bonchev–Trinajstić information content (AvgIpc) is 3.01. The summed E-state index contributed by atoms with van der Waals surface area (Å²) in [5, 5.41) is 7.70. The standard InChI is InChI=1S/C14H19N3O2/c1-10-7-14(17(2)16-10)19-9-11-5-6-18-13(11)8-15-12-3-4-12/h5-7,12,15H,3-4,8-9H2,1-2H3. The van der Waals surface area contributed by atoms with Crippen LogP contribution in [-0.2, 0) is 20.2 Å². The van der Waals surface area contributed by atoms with Crippen LogP contribution in [0.4, 0.5) is 0 Å². The van der Waals surface area contributed by atoms with Gasteiger partial charge in [-0.25, -0.2) is 4.68 Å². The van der Waals surface area contributed by atoms with Crippen molar-refractivity contribution in [1.82, 2.24) is 15.1 Å². The van der Waals surface area contributed by atoms with Gasteiger partial charge in [0, 0.05) is 24.7 Å². The summed E-state index contributed by atoms with van der Waals surface area (Å²) in [6.45, 7) is 3.24. The predicted octanol–water partition coefficient (Wildman–Crippen LogP) is 2.15. The third-order valence-corrected chi connectivity index (χ3v) is 3.30. The Morgan fingerprint density at radius 3 is 3.05 bits per heavy atom. The Kier molecular flexibility index (Phi) is 3.29. The molecular weight excluding hydrogens is 242 g/mol. The summed E-state index contributed by atoms with van der Waals surface area (Å²) in [5.74, 6) is 1.74. The average molecular weight is 261 g/mol. The molecule has 0 atom stereocenters. The quantitative estimate of drug-likeness (QED) is 0.865. The molecule has 3 rings (SSSR count). The second kappa shape index (κ2) is 5.09. The molecule has 0 spiro atoms. The van der Waals surface area contributed by atoms with Crippen LogP contribution >= 0.6 is 0 Å². The van der Waals surface area contributed by atoms with Crippen LogP contribution in [0.15, 0.2) is 22.8 Å². The summed E-state index contributed by atoms with van der Waals surface area (Å²) < 4.78 is 13.0. The fourth-order valence-electron chi connectivity index (χ4n) is 2.05. The normalized spacial score (nSPS) is 14.8. The van der Waals surface area contributed by atoms with Crippen LogP contribution in [-0.4, -0.2) is 15.8 Å². The minimum absolute atomic E-state index is 0.511. The first-order valence-electron chi connectivity index (χ1n) is 6.64. The number of aromatic nitrogens is 2. The molecule has 0 amide bonds. The predicted molar refractivity (Wildman–Crippen MR) is 70.8 cm³/mol. The van der Waals surface area contributed by atoms with Crippen molar-refractivity contribution < 1.29 is 9.15 Å². The fraction of sp³-hybridized carbons (Fsp3) is 0.500. The van der Waals surface area contributed by atoms with Gasteiger partial charge in [0.15, 0.2) is 0 Å². The second-order valence-corrected chi connectivity index (χ2v) is 5.06. The van der Waals surface area contributed by atoms with Crippen molar-refractivity contribution in [2.75, 3.05) is 0 Å². The second-order valence-electron chi connectivity index (χ2n) is 5.06. The third-order valence-electron chi connectivity index (χ3n) is 3.30. The summed E-state index contributed by atoms with van der Waals surface area (Å²) in [6, 6.07) is 4.58. The lowest BCUT2D eigenvalue weighted by atomic mass is 10.2. The van der Waals surface area contributed by atoms with Crippen LogP contribution in [0, 0.1) is 6.92 Å². The van der Waals surface area contributed by atoms with Crippen molar-refractivity contribution in [2.45, 2.75) is 39.0 Å². The summed E-state index contributed by atoms with van der Waals surface area (Å²) >= 11 is 0. The fourth-order valence-corrected chi connectivity index (χ4v) is 2.05. The molecule has 0 aromatic carbocycles. The first-order chi connectivity index (χ1) is 9.22. The number of rotatable bonds is 6. The van der Waals surface area contributed by atoms with Crippen molar-refractivity contribution >= 4 is 0 Å². The van der Waals surface area contributed by atoms with E-state index in [1.807, 2.05) is 26.1 Å². The van der Waals surface area contributed by atoms with E-state index in [0.29, 0.717) is 12.6 Å². The lowest BCUT2D eigenvalue weighted by Gasteiger charge is -2.06. The molecule has 0 bridgehead atoms. The van der Waals surface area contributed by atoms with Gasteiger partial charge in [-0.1, -0.05) is 0 Å². The largest absolute Gasteiger partial charge is 0.473 e. The molecule has 2 heterocycles. The zero-order chi connectivity index (χ0) is 13.2. The maximum absolute atomic E-state index is 5.78. The molecule has 1 fully saturated rings. The lowest BCUT2D eigenvalue weighted by molar-refractivity contribution is 0.275. The third kappa shape index (κ3) is 2.98. The molecule has 0 aliphatic heterocycles. The highest BCUT2D eigenvalue weighted by molar-refractivity contribution is 5.19. The smallest absolute Gasteiger partial charge is 0.212 e. The van der Waals surface area contributed by atoms with Crippen molar-refractivity contribution in [3.8, 4) is 5.88 Å². The van der Waals surface area contributed by atoms with Gasteiger partial charge in [-0.05, 0) is 25.8 Å². The number of hydrogen-bond acceptors (Lipinski definition) is 4. The van der Waals surface area contributed by atoms with Crippen LogP contribution in [0.2, 0.25) is 0 Å². The highest BCUT2D eigenvalue weighted by Crippen LogP contribution is 2.21. The Bertz CT molecular complexity index is 555. The summed E-state index contributed by atoms with van der Waals surface area (Å²) in [7, 11) is 1.88. The van der Waals surface area contributed by atoms with E-state index < -0.39 is 0 Å². The summed E-state index contributed by atoms with van der Waals surface area (Å²) in [4.78, 5) is 0. The maximum atomic E-state index is 5.78. The number of nitrogens with zero attached hydrogens (tertiary/aromatic N) is 2. The molecule has 1 saturated carbocycles. The van der Waals surface area contributed by atoms with Crippen LogP contribution in [0.3, 0.4) is 0 Å². The van der Waals surface area contributed by atoms with Gasteiger partial charge < -0.3 is 14.5 Å². The number of aryl methyl sites for hydroxylation is 2. The maximum Gasteiger partial charge on any atom is 0.212 e. The van der Waals surface area contributed by atoms with Crippen molar-refractivity contribution in [2.24, 2.45) is 7.05 Å². The van der Waals surface area contributed by atoms with Crippen LogP contribution in [0.1, 0.15) is 29.9 Å². The molecule has 1 aliphatic rings. The van der Waals surface area contributed by atoms with Crippen LogP contribution < -0.4 is 10.1 Å². The Balaban J connectivity index is 1.59. The highest BCUT2D eigenvalue weighted by Gasteiger charge is 2.21. The molecule has 5 nitrogen and oxygen atoms in total. The topological polar surface area (TPSA) is 52.2 Å². The van der Waals surface area contributed by atoms with Gasteiger partial charge in [-0.2, -0.15) is 5.10 Å². The van der Waals surface area contributed by atoms with Gasteiger partial charge in [0.2, 0.25) is 5.88 Å². The van der Waals surface area contributed by atoms with Crippen molar-refractivity contribution in [3.05, 3.63) is 35.4 Å². The Morgan fingerprint density at radius 2 is 2.37 bits per heavy atom. The molecule has 1 N–H and O–H groups in total. The number of furan rings is 1. The van der Waals surface area contributed by atoms with Gasteiger partial charge in [0.05, 0.1) is 18.5 Å². The van der Waals surface area contributed by atoms with Crippen molar-refractivity contribution in [3.63, 3.8) is 0 Å². The van der Waals surface area contributed by atoms with Gasteiger partial charge in [-0.15, -0.1) is 0 Å². The minimum atomic E-state index is 0.511. The zero-order valence-corrected chi connectivity index (χ0v) is 11.3. The zero-order valence-electron chi connectivity index (χ0n) is 11.3. The molecule has 102 valence electrons. The molecular formula is C14H19N3O2. The SMILES string of the molecule is Cc1cc(OCc2ccoc2CNC2CC2)n(C)n1. The van der Waals surface area contributed by atoms with E-state index in [1.54, 1.807) is 10.9 Å². The molecule has 0 saturated heterocycles. The van der Waals surface area contributed by atoms with E-state index >= 15 is 0 Å². The molecule has 0 radical (unpaired) electrons. The van der Waals surface area contributed by atoms with Crippen LogP contribution in [0.5, 0.6) is 5.88 Å². The molecule has 5 heteroatoms. The molecule has 0 unspecified atom stereocenters. The van der Waals surface area contributed by atoms with E-state index in [0.717, 1.165) is 29.4 Å². The van der Waals surface area contributed by atoms with Crippen LogP contribution in [0.25, 0.3) is 0 Å². The molecule has 2 aromatic heterocycles. The van der Waals surface area contributed by atoms with E-state index in [1.165, 1.54) is 12.8 Å².